The molecule has 138 valence electrons. The fourth-order valence-corrected chi connectivity index (χ4v) is 2.55. The number of amides is 2. The van der Waals surface area contributed by atoms with Crippen LogP contribution in [0, 0.1) is 0 Å². The van der Waals surface area contributed by atoms with E-state index in [0.29, 0.717) is 17.0 Å². The number of anilines is 1. The topological polar surface area (TPSA) is 101 Å². The Morgan fingerprint density at radius 1 is 1.11 bits per heavy atom. The number of fused-ring (bicyclic) bond motifs is 1. The number of carbonyl (C=O) groups is 2. The van der Waals surface area contributed by atoms with Gasteiger partial charge in [0.05, 0.1) is 19.2 Å². The predicted molar refractivity (Wildman–Crippen MR) is 102 cm³/mol. The van der Waals surface area contributed by atoms with Gasteiger partial charge in [-0.1, -0.05) is 30.3 Å². The number of hydrogen-bond acceptors (Lipinski definition) is 5. The van der Waals surface area contributed by atoms with E-state index in [1.165, 1.54) is 7.11 Å². The first kappa shape index (κ1) is 18.3. The molecule has 0 radical (unpaired) electrons. The van der Waals surface area contributed by atoms with Gasteiger partial charge >= 0.3 is 0 Å². The monoisotopic (exact) mass is 365 g/mol. The van der Waals surface area contributed by atoms with Crippen LogP contribution in [0.25, 0.3) is 10.9 Å². The van der Waals surface area contributed by atoms with Gasteiger partial charge in [-0.3, -0.25) is 9.59 Å². The largest absolute Gasteiger partial charge is 0.497 e. The number of ether oxygens (including phenoxy) is 1. The molecule has 7 nitrogen and oxygen atoms in total. The number of rotatable bonds is 6. The summed E-state index contributed by atoms with van der Waals surface area (Å²) in [6.07, 6.45) is 0. The molecule has 3 N–H and O–H groups in total. The summed E-state index contributed by atoms with van der Waals surface area (Å²) in [6.45, 7) is -0.547. The molecule has 0 saturated heterocycles. The summed E-state index contributed by atoms with van der Waals surface area (Å²) in [7, 11) is 1.52. The number of aromatic nitrogens is 1. The van der Waals surface area contributed by atoms with Gasteiger partial charge in [0.25, 0.3) is 5.91 Å². The van der Waals surface area contributed by atoms with Crippen molar-refractivity contribution >= 4 is 28.4 Å². The van der Waals surface area contributed by atoms with Gasteiger partial charge in [0.15, 0.2) is 0 Å². The zero-order valence-corrected chi connectivity index (χ0v) is 14.7. The number of carbonyl (C=O) groups excluding carboxylic acids is 2. The van der Waals surface area contributed by atoms with Crippen molar-refractivity contribution in [3.05, 3.63) is 66.4 Å². The second-order valence-corrected chi connectivity index (χ2v) is 5.82. The number of benzene rings is 2. The SMILES string of the molecule is COc1cccc(NC(=O)C(CO)NC(=O)c2ccc3ccccc3n2)c1. The van der Waals surface area contributed by atoms with Crippen molar-refractivity contribution in [1.82, 2.24) is 10.3 Å². The van der Waals surface area contributed by atoms with Crippen molar-refractivity contribution in [1.29, 1.82) is 0 Å². The number of nitrogens with one attached hydrogen (secondary N) is 2. The third-order valence-electron chi connectivity index (χ3n) is 3.97. The molecular formula is C20H19N3O4. The Balaban J connectivity index is 1.70. The maximum Gasteiger partial charge on any atom is 0.270 e. The molecule has 1 aromatic heterocycles. The summed E-state index contributed by atoms with van der Waals surface area (Å²) in [5.74, 6) is -0.502. The highest BCUT2D eigenvalue weighted by molar-refractivity contribution is 6.01. The molecule has 27 heavy (non-hydrogen) atoms. The van der Waals surface area contributed by atoms with Crippen LogP contribution in [0.15, 0.2) is 60.7 Å². The molecule has 7 heteroatoms. The second kappa shape index (κ2) is 8.29. The average Bonchev–Trinajstić information content (AvgIpc) is 2.71. The van der Waals surface area contributed by atoms with E-state index in [2.05, 4.69) is 15.6 Å². The summed E-state index contributed by atoms with van der Waals surface area (Å²) in [5, 5.41) is 15.6. The van der Waals surface area contributed by atoms with Gasteiger partial charge in [-0.15, -0.1) is 0 Å². The van der Waals surface area contributed by atoms with Crippen molar-refractivity contribution in [3.8, 4) is 5.75 Å². The Labute approximate surface area is 156 Å². The highest BCUT2D eigenvalue weighted by Gasteiger charge is 2.21. The van der Waals surface area contributed by atoms with Crippen LogP contribution in [-0.2, 0) is 4.79 Å². The minimum Gasteiger partial charge on any atom is -0.497 e. The number of hydrogen-bond donors (Lipinski definition) is 3. The minimum absolute atomic E-state index is 0.168. The maximum atomic E-state index is 12.4. The number of pyridine rings is 1. The van der Waals surface area contributed by atoms with E-state index >= 15 is 0 Å². The molecule has 0 saturated carbocycles. The number of aliphatic hydroxyl groups excluding tert-OH is 1. The fraction of sp³-hybridized carbons (Fsp3) is 0.150. The van der Waals surface area contributed by atoms with Gasteiger partial charge in [-0.05, 0) is 24.3 Å². The Kier molecular flexibility index (Phi) is 5.63. The van der Waals surface area contributed by atoms with Crippen molar-refractivity contribution in [2.75, 3.05) is 19.0 Å². The van der Waals surface area contributed by atoms with E-state index in [0.717, 1.165) is 5.39 Å². The lowest BCUT2D eigenvalue weighted by Gasteiger charge is -2.16. The third kappa shape index (κ3) is 4.39. The molecule has 0 fully saturated rings. The quantitative estimate of drug-likeness (QED) is 0.620. The van der Waals surface area contributed by atoms with Gasteiger partial charge < -0.3 is 20.5 Å². The van der Waals surface area contributed by atoms with Crippen LogP contribution in [0.1, 0.15) is 10.5 Å². The van der Waals surface area contributed by atoms with E-state index in [-0.39, 0.29) is 5.69 Å². The van der Waals surface area contributed by atoms with Crippen molar-refractivity contribution in [2.24, 2.45) is 0 Å². The second-order valence-electron chi connectivity index (χ2n) is 5.82. The molecule has 0 bridgehead atoms. The van der Waals surface area contributed by atoms with E-state index in [1.54, 1.807) is 42.5 Å². The van der Waals surface area contributed by atoms with Crippen LogP contribution in [0.4, 0.5) is 5.69 Å². The molecule has 0 spiro atoms. The fourth-order valence-electron chi connectivity index (χ4n) is 2.55. The maximum absolute atomic E-state index is 12.4. The van der Waals surface area contributed by atoms with Crippen molar-refractivity contribution in [3.63, 3.8) is 0 Å². The number of nitrogens with zero attached hydrogens (tertiary/aromatic N) is 1. The van der Waals surface area contributed by atoms with Crippen LogP contribution < -0.4 is 15.4 Å². The summed E-state index contributed by atoms with van der Waals surface area (Å²) in [4.78, 5) is 29.1. The summed E-state index contributed by atoms with van der Waals surface area (Å²) >= 11 is 0. The number of para-hydroxylation sites is 1. The first-order valence-corrected chi connectivity index (χ1v) is 8.33. The summed E-state index contributed by atoms with van der Waals surface area (Å²) in [6, 6.07) is 16.4. The Morgan fingerprint density at radius 2 is 1.93 bits per heavy atom. The zero-order valence-electron chi connectivity index (χ0n) is 14.7. The molecule has 1 heterocycles. The smallest absolute Gasteiger partial charge is 0.270 e. The summed E-state index contributed by atoms with van der Waals surface area (Å²) < 4.78 is 5.10. The molecule has 0 aliphatic carbocycles. The minimum atomic E-state index is -1.11. The van der Waals surface area contributed by atoms with E-state index in [4.69, 9.17) is 4.74 Å². The molecular weight excluding hydrogens is 346 g/mol. The van der Waals surface area contributed by atoms with E-state index in [1.807, 2.05) is 18.2 Å². The molecule has 2 amide bonds. The van der Waals surface area contributed by atoms with Gasteiger partial charge in [-0.2, -0.15) is 0 Å². The Bertz CT molecular complexity index is 974. The van der Waals surface area contributed by atoms with Gasteiger partial charge in [-0.25, -0.2) is 4.98 Å². The number of aliphatic hydroxyl groups is 1. The van der Waals surface area contributed by atoms with Gasteiger partial charge in [0.1, 0.15) is 17.5 Å². The Hall–Kier alpha value is -3.45. The first-order valence-electron chi connectivity index (χ1n) is 8.33. The molecule has 0 aliphatic heterocycles. The molecule has 1 atom stereocenters. The average molecular weight is 365 g/mol. The van der Waals surface area contributed by atoms with E-state index in [9.17, 15) is 14.7 Å². The zero-order chi connectivity index (χ0) is 19.2. The van der Waals surface area contributed by atoms with Crippen LogP contribution in [0.5, 0.6) is 5.75 Å². The van der Waals surface area contributed by atoms with Gasteiger partial charge in [0.2, 0.25) is 5.91 Å². The lowest BCUT2D eigenvalue weighted by atomic mass is 10.2. The highest BCUT2D eigenvalue weighted by atomic mass is 16.5. The summed E-state index contributed by atoms with van der Waals surface area (Å²) in [5.41, 5.74) is 1.34. The van der Waals surface area contributed by atoms with Gasteiger partial charge in [0, 0.05) is 17.1 Å². The molecule has 3 aromatic rings. The Morgan fingerprint density at radius 3 is 2.70 bits per heavy atom. The lowest BCUT2D eigenvalue weighted by molar-refractivity contribution is -0.118. The third-order valence-corrected chi connectivity index (χ3v) is 3.97. The molecule has 0 aliphatic rings. The van der Waals surface area contributed by atoms with Crippen LogP contribution in [0.2, 0.25) is 0 Å². The van der Waals surface area contributed by atoms with Crippen LogP contribution in [0.3, 0.4) is 0 Å². The van der Waals surface area contributed by atoms with Crippen molar-refractivity contribution < 1.29 is 19.4 Å². The van der Waals surface area contributed by atoms with Crippen LogP contribution >= 0.6 is 0 Å². The molecule has 2 aromatic carbocycles. The lowest BCUT2D eigenvalue weighted by Crippen LogP contribution is -2.46. The first-order chi connectivity index (χ1) is 13.1. The standard InChI is InChI=1S/C20H19N3O4/c1-27-15-7-4-6-14(11-15)21-20(26)18(12-24)23-19(25)17-10-9-13-5-2-3-8-16(13)22-17/h2-11,18,24H,12H2,1H3,(H,21,26)(H,23,25). The normalized spacial score (nSPS) is 11.6. The van der Waals surface area contributed by atoms with Crippen molar-refractivity contribution in [2.45, 2.75) is 6.04 Å². The highest BCUT2D eigenvalue weighted by Crippen LogP contribution is 2.17. The number of methoxy groups -OCH3 is 1. The molecule has 1 unspecified atom stereocenters. The molecule has 3 rings (SSSR count). The van der Waals surface area contributed by atoms with E-state index < -0.39 is 24.5 Å². The predicted octanol–water partition coefficient (Wildman–Crippen LogP) is 1.97. The van der Waals surface area contributed by atoms with Crippen LogP contribution in [-0.4, -0.2) is 41.7 Å².